The average molecular weight is 654 g/mol. The summed E-state index contributed by atoms with van der Waals surface area (Å²) in [5, 5.41) is 22.8. The molecule has 3 N–H and O–H groups in total. The molecule has 0 aromatic rings. The molecule has 1 amide bonds. The third-order valence-electron chi connectivity index (χ3n) is 8.41. The van der Waals surface area contributed by atoms with Gasteiger partial charge < -0.3 is 15.5 Å². The fraction of sp³-hybridized carbons (Fsp3) is 0.698. The molecule has 0 fully saturated rings. The van der Waals surface area contributed by atoms with Crippen molar-refractivity contribution in [3.8, 4) is 0 Å². The number of hydrogen-bond donors (Lipinski definition) is 3. The van der Waals surface area contributed by atoms with Gasteiger partial charge in [0.1, 0.15) is 0 Å². The summed E-state index contributed by atoms with van der Waals surface area (Å²) in [4.78, 5) is 12.3. The maximum Gasteiger partial charge on any atom is 0.220 e. The molecule has 2 atom stereocenters. The van der Waals surface area contributed by atoms with Gasteiger partial charge in [-0.3, -0.25) is 4.79 Å². The van der Waals surface area contributed by atoms with E-state index in [2.05, 4.69) is 79.9 Å². The standard InChI is InChI=1S/C43H75NO3/c1-3-5-7-9-11-13-15-17-19-20-21-22-23-24-25-27-29-31-33-35-37-39-43(47)44-41(40-45)42(46)38-36-34-32-30-28-26-18-16-14-12-10-8-6-4-2/h19-20,22-23,25,27-28,30-31,33,36,38,41-42,45-46H,3-18,21,24,26,29,32,34-35,37,39-40H2,1-2H3,(H,44,47)/b20-19+,23-22+,27-25+,30-28+,33-31+,38-36+/t41-,42+/m0/s1. The second-order valence-corrected chi connectivity index (χ2v) is 13.0. The molecule has 0 unspecified atom stereocenters. The highest BCUT2D eigenvalue weighted by Crippen LogP contribution is 2.11. The molecule has 0 bridgehead atoms. The number of allylic oxidation sites excluding steroid dienone is 11. The Morgan fingerprint density at radius 3 is 1.38 bits per heavy atom. The van der Waals surface area contributed by atoms with Crippen LogP contribution >= 0.6 is 0 Å². The van der Waals surface area contributed by atoms with Crippen LogP contribution in [0, 0.1) is 0 Å². The lowest BCUT2D eigenvalue weighted by atomic mass is 10.1. The van der Waals surface area contributed by atoms with E-state index in [-0.39, 0.29) is 12.5 Å². The molecule has 0 saturated carbocycles. The van der Waals surface area contributed by atoms with Gasteiger partial charge in [0.2, 0.25) is 5.91 Å². The van der Waals surface area contributed by atoms with Crippen LogP contribution in [0.3, 0.4) is 0 Å². The molecule has 4 heteroatoms. The van der Waals surface area contributed by atoms with Crippen molar-refractivity contribution in [2.45, 2.75) is 187 Å². The molecular weight excluding hydrogens is 578 g/mol. The number of nitrogens with one attached hydrogen (secondary N) is 1. The van der Waals surface area contributed by atoms with E-state index >= 15 is 0 Å². The largest absolute Gasteiger partial charge is 0.394 e. The molecule has 0 aliphatic carbocycles. The quantitative estimate of drug-likeness (QED) is 0.0478. The summed E-state index contributed by atoms with van der Waals surface area (Å²) in [6.45, 7) is 4.24. The maximum absolute atomic E-state index is 12.3. The molecule has 0 saturated heterocycles. The third kappa shape index (κ3) is 35.0. The Morgan fingerprint density at radius 2 is 0.894 bits per heavy atom. The molecule has 0 spiro atoms. The van der Waals surface area contributed by atoms with Gasteiger partial charge in [-0.2, -0.15) is 0 Å². The minimum absolute atomic E-state index is 0.131. The predicted molar refractivity (Wildman–Crippen MR) is 207 cm³/mol. The van der Waals surface area contributed by atoms with Crippen LogP contribution in [0.25, 0.3) is 0 Å². The topological polar surface area (TPSA) is 69.6 Å². The van der Waals surface area contributed by atoms with E-state index in [1.165, 1.54) is 103 Å². The van der Waals surface area contributed by atoms with Gasteiger partial charge in [0.15, 0.2) is 0 Å². The molecule has 0 aromatic carbocycles. The van der Waals surface area contributed by atoms with Gasteiger partial charge in [-0.25, -0.2) is 0 Å². The second kappa shape index (κ2) is 38.3. The van der Waals surface area contributed by atoms with Crippen LogP contribution in [0.4, 0.5) is 0 Å². The van der Waals surface area contributed by atoms with Gasteiger partial charge in [-0.15, -0.1) is 0 Å². The molecule has 0 rings (SSSR count). The molecule has 47 heavy (non-hydrogen) atoms. The highest BCUT2D eigenvalue weighted by molar-refractivity contribution is 5.76. The summed E-state index contributed by atoms with van der Waals surface area (Å²) in [6, 6.07) is -0.670. The zero-order valence-electron chi connectivity index (χ0n) is 30.8. The van der Waals surface area contributed by atoms with Crippen molar-refractivity contribution in [2.75, 3.05) is 6.61 Å². The SMILES string of the molecule is CCCCCCCCC/C=C/C/C=C/C/C=C/C/C=C/CCCC(=O)N[C@@H](CO)[C@H](O)/C=C/CC/C=C/CCCCCCCCCC. The summed E-state index contributed by atoms with van der Waals surface area (Å²) in [5.74, 6) is -0.131. The Labute approximate surface area is 291 Å². The van der Waals surface area contributed by atoms with Gasteiger partial charge >= 0.3 is 0 Å². The number of rotatable bonds is 34. The molecule has 0 aliphatic rings. The summed E-state index contributed by atoms with van der Waals surface area (Å²) >= 11 is 0. The smallest absolute Gasteiger partial charge is 0.220 e. The molecule has 4 nitrogen and oxygen atoms in total. The van der Waals surface area contributed by atoms with E-state index in [4.69, 9.17) is 0 Å². The van der Waals surface area contributed by atoms with Crippen molar-refractivity contribution in [1.82, 2.24) is 5.32 Å². The van der Waals surface area contributed by atoms with Crippen LogP contribution in [0.2, 0.25) is 0 Å². The number of carbonyl (C=O) groups excluding carboxylic acids is 1. The number of hydrogen-bond acceptors (Lipinski definition) is 3. The average Bonchev–Trinajstić information content (AvgIpc) is 3.07. The highest BCUT2D eigenvalue weighted by atomic mass is 16.3. The Kier molecular flexibility index (Phi) is 36.5. The molecule has 0 radical (unpaired) electrons. The molecule has 0 aromatic heterocycles. The van der Waals surface area contributed by atoms with Crippen molar-refractivity contribution in [3.05, 3.63) is 72.9 Å². The summed E-state index contributed by atoms with van der Waals surface area (Å²) in [6.07, 6.45) is 54.3. The number of unbranched alkanes of at least 4 members (excludes halogenated alkanes) is 17. The first-order chi connectivity index (χ1) is 23.2. The van der Waals surface area contributed by atoms with Crippen LogP contribution in [0.1, 0.15) is 174 Å². The first-order valence-electron chi connectivity index (χ1n) is 19.7. The zero-order valence-corrected chi connectivity index (χ0v) is 30.8. The number of carbonyl (C=O) groups is 1. The Bertz CT molecular complexity index is 838. The van der Waals surface area contributed by atoms with Crippen molar-refractivity contribution in [1.29, 1.82) is 0 Å². The first-order valence-corrected chi connectivity index (χ1v) is 19.7. The van der Waals surface area contributed by atoms with Gasteiger partial charge in [-0.1, -0.05) is 170 Å². The van der Waals surface area contributed by atoms with Crippen molar-refractivity contribution >= 4 is 5.91 Å². The van der Waals surface area contributed by atoms with Crippen LogP contribution in [-0.4, -0.2) is 34.9 Å². The second-order valence-electron chi connectivity index (χ2n) is 13.0. The first kappa shape index (κ1) is 44.8. The fourth-order valence-electron chi connectivity index (χ4n) is 5.36. The van der Waals surface area contributed by atoms with E-state index in [0.717, 1.165) is 51.4 Å². The lowest BCUT2D eigenvalue weighted by molar-refractivity contribution is -0.122. The monoisotopic (exact) mass is 654 g/mol. The van der Waals surface area contributed by atoms with E-state index in [1.807, 2.05) is 6.08 Å². The predicted octanol–water partition coefficient (Wildman–Crippen LogP) is 12.0. The molecule has 270 valence electrons. The van der Waals surface area contributed by atoms with Crippen molar-refractivity contribution in [3.63, 3.8) is 0 Å². The molecule has 0 aliphatic heterocycles. The molecular formula is C43H75NO3. The van der Waals surface area contributed by atoms with Crippen LogP contribution in [0.15, 0.2) is 72.9 Å². The third-order valence-corrected chi connectivity index (χ3v) is 8.41. The number of aliphatic hydroxyl groups is 2. The number of amides is 1. The van der Waals surface area contributed by atoms with E-state index in [0.29, 0.717) is 6.42 Å². The maximum atomic E-state index is 12.3. The minimum Gasteiger partial charge on any atom is -0.394 e. The fourth-order valence-corrected chi connectivity index (χ4v) is 5.36. The minimum atomic E-state index is -0.886. The van der Waals surface area contributed by atoms with E-state index in [9.17, 15) is 15.0 Å². The van der Waals surface area contributed by atoms with Crippen molar-refractivity contribution in [2.24, 2.45) is 0 Å². The number of aliphatic hydroxyl groups excluding tert-OH is 2. The lowest BCUT2D eigenvalue weighted by Gasteiger charge is -2.19. The Morgan fingerprint density at radius 1 is 0.511 bits per heavy atom. The Hall–Kier alpha value is -2.17. The van der Waals surface area contributed by atoms with Gasteiger partial charge in [0.05, 0.1) is 18.8 Å². The Balaban J connectivity index is 3.79. The molecule has 0 heterocycles. The highest BCUT2D eigenvalue weighted by Gasteiger charge is 2.17. The lowest BCUT2D eigenvalue weighted by Crippen LogP contribution is -2.45. The van der Waals surface area contributed by atoms with Gasteiger partial charge in [-0.05, 0) is 70.6 Å². The van der Waals surface area contributed by atoms with Crippen molar-refractivity contribution < 1.29 is 15.0 Å². The summed E-state index contributed by atoms with van der Waals surface area (Å²) < 4.78 is 0. The summed E-state index contributed by atoms with van der Waals surface area (Å²) in [5.41, 5.74) is 0. The van der Waals surface area contributed by atoms with Crippen LogP contribution in [-0.2, 0) is 4.79 Å². The van der Waals surface area contributed by atoms with Gasteiger partial charge in [0.25, 0.3) is 0 Å². The summed E-state index contributed by atoms with van der Waals surface area (Å²) in [7, 11) is 0. The van der Waals surface area contributed by atoms with Crippen LogP contribution < -0.4 is 5.32 Å². The van der Waals surface area contributed by atoms with Gasteiger partial charge in [0, 0.05) is 6.42 Å². The van der Waals surface area contributed by atoms with E-state index in [1.54, 1.807) is 6.08 Å². The van der Waals surface area contributed by atoms with Crippen LogP contribution in [0.5, 0.6) is 0 Å². The zero-order chi connectivity index (χ0) is 34.3. The normalized spacial score (nSPS) is 13.9. The van der Waals surface area contributed by atoms with E-state index < -0.39 is 12.1 Å².